The van der Waals surface area contributed by atoms with E-state index in [0.717, 1.165) is 10.8 Å². The molecule has 3 heteroatoms. The van der Waals surface area contributed by atoms with Gasteiger partial charge in [0, 0.05) is 11.5 Å². The van der Waals surface area contributed by atoms with E-state index in [-0.39, 0.29) is 5.63 Å². The summed E-state index contributed by atoms with van der Waals surface area (Å²) in [5.74, 6) is 0.693. The van der Waals surface area contributed by atoms with Crippen molar-refractivity contribution >= 4 is 21.7 Å². The van der Waals surface area contributed by atoms with Crippen LogP contribution >= 0.6 is 0 Å². The quantitative estimate of drug-likeness (QED) is 0.408. The second kappa shape index (κ2) is 5.44. The maximum Gasteiger partial charge on any atom is 0.344 e. The number of hydrogen-bond acceptors (Lipinski definition) is 3. The molecule has 0 aliphatic carbocycles. The van der Waals surface area contributed by atoms with Gasteiger partial charge in [-0.1, -0.05) is 23.8 Å². The summed E-state index contributed by atoms with van der Waals surface area (Å²) in [5, 5.41) is 2.42. The van der Waals surface area contributed by atoms with Crippen molar-refractivity contribution in [3.05, 3.63) is 64.5 Å². The molecule has 0 radical (unpaired) electrons. The summed E-state index contributed by atoms with van der Waals surface area (Å²) < 4.78 is 11.0. The zero-order valence-electron chi connectivity index (χ0n) is 12.1. The molecule has 21 heavy (non-hydrogen) atoms. The second-order valence-corrected chi connectivity index (χ2v) is 5.19. The van der Waals surface area contributed by atoms with Crippen LogP contribution in [0.1, 0.15) is 13.8 Å². The predicted octanol–water partition coefficient (Wildman–Crippen LogP) is 4.29. The molecule has 106 valence electrons. The molecule has 0 aliphatic rings. The number of benzene rings is 2. The van der Waals surface area contributed by atoms with Gasteiger partial charge in [0.25, 0.3) is 0 Å². The highest BCUT2D eigenvalue weighted by Gasteiger charge is 2.07. The fraction of sp³-hybridized carbons (Fsp3) is 0.167. The van der Waals surface area contributed by atoms with Gasteiger partial charge in [0.15, 0.2) is 0 Å². The van der Waals surface area contributed by atoms with E-state index in [1.807, 2.05) is 50.3 Å². The van der Waals surface area contributed by atoms with Crippen LogP contribution in [0.3, 0.4) is 0 Å². The first-order valence-corrected chi connectivity index (χ1v) is 6.87. The summed E-state index contributed by atoms with van der Waals surface area (Å²) in [6, 6.07) is 13.1. The minimum absolute atomic E-state index is 0.320. The highest BCUT2D eigenvalue weighted by atomic mass is 16.5. The smallest absolute Gasteiger partial charge is 0.344 e. The van der Waals surface area contributed by atoms with Crippen molar-refractivity contribution in [2.75, 3.05) is 6.61 Å². The van der Waals surface area contributed by atoms with E-state index in [9.17, 15) is 4.79 Å². The average molecular weight is 280 g/mol. The van der Waals surface area contributed by atoms with Crippen LogP contribution in [0.15, 0.2) is 63.3 Å². The van der Waals surface area contributed by atoms with E-state index in [1.165, 1.54) is 5.57 Å². The highest BCUT2D eigenvalue weighted by molar-refractivity contribution is 6.04. The fourth-order valence-corrected chi connectivity index (χ4v) is 2.25. The van der Waals surface area contributed by atoms with E-state index < -0.39 is 0 Å². The molecular formula is C18H16O3. The summed E-state index contributed by atoms with van der Waals surface area (Å²) in [5.41, 5.74) is 1.43. The minimum atomic E-state index is -0.320. The lowest BCUT2D eigenvalue weighted by Gasteiger charge is -2.06. The van der Waals surface area contributed by atoms with Crippen LogP contribution in [-0.2, 0) is 0 Å². The normalized spacial score (nSPS) is 10.8. The Labute approximate surface area is 122 Å². The van der Waals surface area contributed by atoms with Crippen LogP contribution in [0.5, 0.6) is 5.75 Å². The summed E-state index contributed by atoms with van der Waals surface area (Å²) >= 11 is 0. The second-order valence-electron chi connectivity index (χ2n) is 5.19. The summed E-state index contributed by atoms with van der Waals surface area (Å²) in [4.78, 5) is 12.0. The first-order chi connectivity index (χ1) is 10.1. The summed E-state index contributed by atoms with van der Waals surface area (Å²) in [6.45, 7) is 4.55. The molecule has 3 rings (SSSR count). The Morgan fingerprint density at radius 2 is 1.86 bits per heavy atom. The van der Waals surface area contributed by atoms with Gasteiger partial charge in [-0.25, -0.2) is 4.79 Å². The Hall–Kier alpha value is -2.55. The van der Waals surface area contributed by atoms with E-state index in [2.05, 4.69) is 0 Å². The van der Waals surface area contributed by atoms with E-state index in [1.54, 1.807) is 12.1 Å². The van der Waals surface area contributed by atoms with Gasteiger partial charge in [0.05, 0.1) is 5.39 Å². The largest absolute Gasteiger partial charge is 0.489 e. The van der Waals surface area contributed by atoms with Crippen molar-refractivity contribution in [3.63, 3.8) is 0 Å². The van der Waals surface area contributed by atoms with E-state index in [0.29, 0.717) is 23.3 Å². The maximum absolute atomic E-state index is 12.0. The lowest BCUT2D eigenvalue weighted by Crippen LogP contribution is -2.00. The van der Waals surface area contributed by atoms with Crippen molar-refractivity contribution in [2.45, 2.75) is 13.8 Å². The number of hydrogen-bond donors (Lipinski definition) is 0. The number of fused-ring (bicyclic) bond motifs is 3. The van der Waals surface area contributed by atoms with Gasteiger partial charge >= 0.3 is 5.63 Å². The van der Waals surface area contributed by atoms with Crippen LogP contribution in [0, 0.1) is 0 Å². The topological polar surface area (TPSA) is 39.4 Å². The molecule has 0 fully saturated rings. The molecule has 2 aromatic carbocycles. The van der Waals surface area contributed by atoms with Crippen LogP contribution < -0.4 is 10.4 Å². The molecule has 0 unspecified atom stereocenters. The third kappa shape index (κ3) is 2.68. The van der Waals surface area contributed by atoms with Crippen LogP contribution in [0.25, 0.3) is 21.7 Å². The van der Waals surface area contributed by atoms with Crippen molar-refractivity contribution in [2.24, 2.45) is 0 Å². The Bertz CT molecular complexity index is 884. The predicted molar refractivity (Wildman–Crippen MR) is 84.9 cm³/mol. The Balaban J connectivity index is 2.08. The van der Waals surface area contributed by atoms with E-state index >= 15 is 0 Å². The molecule has 1 heterocycles. The molecule has 1 aromatic heterocycles. The molecule has 0 spiro atoms. The molecule has 0 saturated heterocycles. The Morgan fingerprint density at radius 1 is 1.10 bits per heavy atom. The molecule has 0 bridgehead atoms. The molecule has 0 aliphatic heterocycles. The van der Waals surface area contributed by atoms with Gasteiger partial charge in [-0.05, 0) is 43.5 Å². The van der Waals surface area contributed by atoms with Gasteiger partial charge in [-0.2, -0.15) is 0 Å². The Morgan fingerprint density at radius 3 is 2.62 bits per heavy atom. The SMILES string of the molecule is CC(C)=CCOc1ccc2c(c1)oc(=O)c1ccccc12. The molecule has 0 atom stereocenters. The fourth-order valence-electron chi connectivity index (χ4n) is 2.25. The first kappa shape index (κ1) is 13.4. The van der Waals surface area contributed by atoms with Crippen molar-refractivity contribution in [1.82, 2.24) is 0 Å². The van der Waals surface area contributed by atoms with Gasteiger partial charge in [-0.15, -0.1) is 0 Å². The average Bonchev–Trinajstić information content (AvgIpc) is 2.47. The van der Waals surface area contributed by atoms with Gasteiger partial charge in [0.2, 0.25) is 0 Å². The standard InChI is InChI=1S/C18H16O3/c1-12(2)9-10-20-13-7-8-15-14-5-3-4-6-16(14)18(19)21-17(15)11-13/h3-9,11H,10H2,1-2H3. The summed E-state index contributed by atoms with van der Waals surface area (Å²) in [7, 11) is 0. The molecule has 3 aromatic rings. The monoisotopic (exact) mass is 280 g/mol. The molecule has 0 N–H and O–H groups in total. The zero-order valence-corrected chi connectivity index (χ0v) is 12.1. The zero-order chi connectivity index (χ0) is 14.8. The molecule has 0 amide bonds. The van der Waals surface area contributed by atoms with Gasteiger partial charge in [0.1, 0.15) is 17.9 Å². The van der Waals surface area contributed by atoms with Crippen molar-refractivity contribution < 1.29 is 9.15 Å². The third-order valence-corrected chi connectivity index (χ3v) is 3.33. The lowest BCUT2D eigenvalue weighted by atomic mass is 10.1. The van der Waals surface area contributed by atoms with E-state index in [4.69, 9.17) is 9.15 Å². The first-order valence-electron chi connectivity index (χ1n) is 6.87. The maximum atomic E-state index is 12.0. The number of rotatable bonds is 3. The van der Waals surface area contributed by atoms with Crippen LogP contribution in [-0.4, -0.2) is 6.61 Å². The van der Waals surface area contributed by atoms with Gasteiger partial charge in [-0.3, -0.25) is 0 Å². The van der Waals surface area contributed by atoms with Gasteiger partial charge < -0.3 is 9.15 Å². The van der Waals surface area contributed by atoms with Crippen molar-refractivity contribution in [3.8, 4) is 5.75 Å². The number of ether oxygens (including phenoxy) is 1. The lowest BCUT2D eigenvalue weighted by molar-refractivity contribution is 0.361. The minimum Gasteiger partial charge on any atom is -0.489 e. The van der Waals surface area contributed by atoms with Crippen LogP contribution in [0.2, 0.25) is 0 Å². The number of allylic oxidation sites excluding steroid dienone is 1. The van der Waals surface area contributed by atoms with Crippen LogP contribution in [0.4, 0.5) is 0 Å². The molecule has 3 nitrogen and oxygen atoms in total. The Kier molecular flexibility index (Phi) is 3.48. The highest BCUT2D eigenvalue weighted by Crippen LogP contribution is 2.26. The van der Waals surface area contributed by atoms with Crippen molar-refractivity contribution in [1.29, 1.82) is 0 Å². The summed E-state index contributed by atoms with van der Waals surface area (Å²) in [6.07, 6.45) is 2.00. The molecular weight excluding hydrogens is 264 g/mol. The molecule has 0 saturated carbocycles. The third-order valence-electron chi connectivity index (χ3n) is 3.33.